The highest BCUT2D eigenvalue weighted by atomic mass is 16.6. The van der Waals surface area contributed by atoms with Gasteiger partial charge in [-0.15, -0.1) is 0 Å². The molecule has 0 spiro atoms. The Balaban J connectivity index is 4.44. The minimum absolute atomic E-state index is 0.109. The van der Waals surface area contributed by atoms with Crippen LogP contribution in [-0.4, -0.2) is 37.2 Å². The van der Waals surface area contributed by atoms with Crippen LogP contribution in [0.25, 0.3) is 0 Å². The van der Waals surface area contributed by atoms with Crippen molar-refractivity contribution < 1.29 is 28.6 Å². The highest BCUT2D eigenvalue weighted by molar-refractivity contribution is 5.71. The van der Waals surface area contributed by atoms with E-state index < -0.39 is 12.1 Å². The number of carbonyl (C=O) groups is 3. The quantitative estimate of drug-likeness (QED) is 0.0270. The van der Waals surface area contributed by atoms with E-state index in [4.69, 9.17) is 14.2 Å². The van der Waals surface area contributed by atoms with Gasteiger partial charge in [-0.2, -0.15) is 0 Å². The fraction of sp³-hybridized carbons (Fsp3) is 0.688. The lowest BCUT2D eigenvalue weighted by atomic mass is 10.1. The molecule has 6 nitrogen and oxygen atoms in total. The van der Waals surface area contributed by atoms with E-state index in [1.165, 1.54) is 57.8 Å². The summed E-state index contributed by atoms with van der Waals surface area (Å²) in [6.45, 7) is 6.36. The van der Waals surface area contributed by atoms with Crippen molar-refractivity contribution in [2.45, 2.75) is 200 Å². The van der Waals surface area contributed by atoms with Gasteiger partial charge in [-0.1, -0.05) is 171 Å². The lowest BCUT2D eigenvalue weighted by molar-refractivity contribution is -0.166. The van der Waals surface area contributed by atoms with E-state index in [0.717, 1.165) is 89.9 Å². The molecule has 1 atom stereocenters. The van der Waals surface area contributed by atoms with E-state index in [1.807, 2.05) is 12.2 Å². The van der Waals surface area contributed by atoms with Crippen LogP contribution < -0.4 is 0 Å². The molecule has 6 heteroatoms. The first-order valence-corrected chi connectivity index (χ1v) is 21.9. The summed E-state index contributed by atoms with van der Waals surface area (Å²) in [5.74, 6) is -1.02. The number of hydrogen-bond donors (Lipinski definition) is 0. The SMILES string of the molecule is CC/C=C\C/C=C\C/C=C\C/C=C\CCC(=O)OC(COC(=O)CCCCCCC/C=C\C/C=C\CCCCCC)COC(=O)CCCCCCCCC. The Kier molecular flexibility index (Phi) is 40.1. The minimum atomic E-state index is -0.814. The molecule has 0 amide bonds. The third kappa shape index (κ3) is 40.0. The van der Waals surface area contributed by atoms with Gasteiger partial charge in [0.1, 0.15) is 13.2 Å². The second kappa shape index (κ2) is 42.6. The van der Waals surface area contributed by atoms with Crippen LogP contribution in [0.4, 0.5) is 0 Å². The molecule has 1 unspecified atom stereocenters. The van der Waals surface area contributed by atoms with Crippen molar-refractivity contribution in [3.05, 3.63) is 72.9 Å². The first kappa shape index (κ1) is 50.9. The Morgan fingerprint density at radius 2 is 0.759 bits per heavy atom. The molecular weight excluding hydrogens is 673 g/mol. The molecule has 0 saturated heterocycles. The number of carbonyl (C=O) groups excluding carboxylic acids is 3. The molecular formula is C48H80O6. The average molecular weight is 753 g/mol. The van der Waals surface area contributed by atoms with Gasteiger partial charge in [0.25, 0.3) is 0 Å². The molecule has 0 fully saturated rings. The van der Waals surface area contributed by atoms with Crippen molar-refractivity contribution in [1.29, 1.82) is 0 Å². The third-order valence-electron chi connectivity index (χ3n) is 8.96. The van der Waals surface area contributed by atoms with Gasteiger partial charge in [-0.05, 0) is 77.0 Å². The zero-order valence-corrected chi connectivity index (χ0v) is 35.0. The summed E-state index contributed by atoms with van der Waals surface area (Å²) in [7, 11) is 0. The normalized spacial score (nSPS) is 12.7. The number of esters is 3. The number of rotatable bonds is 38. The Morgan fingerprint density at radius 1 is 0.389 bits per heavy atom. The second-order valence-electron chi connectivity index (χ2n) is 14.2. The summed E-state index contributed by atoms with van der Waals surface area (Å²) >= 11 is 0. The molecule has 0 bridgehead atoms. The maximum atomic E-state index is 12.6. The van der Waals surface area contributed by atoms with Crippen LogP contribution in [0.3, 0.4) is 0 Å². The van der Waals surface area contributed by atoms with Gasteiger partial charge in [0.15, 0.2) is 6.10 Å². The summed E-state index contributed by atoms with van der Waals surface area (Å²) in [4.78, 5) is 37.5. The molecule has 0 N–H and O–H groups in total. The summed E-state index contributed by atoms with van der Waals surface area (Å²) in [6.07, 6.45) is 51.9. The van der Waals surface area contributed by atoms with Gasteiger partial charge < -0.3 is 14.2 Å². The van der Waals surface area contributed by atoms with Gasteiger partial charge in [-0.3, -0.25) is 14.4 Å². The van der Waals surface area contributed by atoms with Crippen LogP contribution in [0, 0.1) is 0 Å². The Morgan fingerprint density at radius 3 is 1.22 bits per heavy atom. The summed E-state index contributed by atoms with van der Waals surface area (Å²) < 4.78 is 16.5. The Labute approximate surface area is 332 Å². The van der Waals surface area contributed by atoms with Crippen molar-refractivity contribution in [1.82, 2.24) is 0 Å². The summed E-state index contributed by atoms with van der Waals surface area (Å²) in [6, 6.07) is 0. The topological polar surface area (TPSA) is 78.9 Å². The molecule has 0 aromatic heterocycles. The highest BCUT2D eigenvalue weighted by Gasteiger charge is 2.19. The Hall–Kier alpha value is -3.15. The number of ether oxygens (including phenoxy) is 3. The minimum Gasteiger partial charge on any atom is -0.462 e. The fourth-order valence-corrected chi connectivity index (χ4v) is 5.66. The van der Waals surface area contributed by atoms with Crippen LogP contribution in [0.15, 0.2) is 72.9 Å². The van der Waals surface area contributed by atoms with Crippen molar-refractivity contribution in [3.63, 3.8) is 0 Å². The lowest BCUT2D eigenvalue weighted by Gasteiger charge is -2.18. The molecule has 0 aromatic rings. The van der Waals surface area contributed by atoms with E-state index in [1.54, 1.807) is 0 Å². The second-order valence-corrected chi connectivity index (χ2v) is 14.2. The number of allylic oxidation sites excluding steroid dienone is 12. The van der Waals surface area contributed by atoms with Gasteiger partial charge >= 0.3 is 17.9 Å². The Bertz CT molecular complexity index is 1050. The molecule has 0 aliphatic rings. The van der Waals surface area contributed by atoms with Crippen LogP contribution in [-0.2, 0) is 28.6 Å². The molecule has 308 valence electrons. The highest BCUT2D eigenvalue weighted by Crippen LogP contribution is 2.12. The van der Waals surface area contributed by atoms with E-state index >= 15 is 0 Å². The first-order valence-electron chi connectivity index (χ1n) is 21.9. The maximum Gasteiger partial charge on any atom is 0.306 e. The monoisotopic (exact) mass is 753 g/mol. The van der Waals surface area contributed by atoms with E-state index in [-0.39, 0.29) is 31.6 Å². The smallest absolute Gasteiger partial charge is 0.306 e. The molecule has 54 heavy (non-hydrogen) atoms. The average Bonchev–Trinajstić information content (AvgIpc) is 3.17. The van der Waals surface area contributed by atoms with Crippen molar-refractivity contribution in [2.24, 2.45) is 0 Å². The largest absolute Gasteiger partial charge is 0.462 e. The molecule has 0 rings (SSSR count). The number of hydrogen-bond acceptors (Lipinski definition) is 6. The predicted octanol–water partition coefficient (Wildman–Crippen LogP) is 13.9. The molecule has 0 heterocycles. The van der Waals surface area contributed by atoms with Crippen molar-refractivity contribution >= 4 is 17.9 Å². The summed E-state index contributed by atoms with van der Waals surface area (Å²) in [5, 5.41) is 0. The molecule has 0 saturated carbocycles. The lowest BCUT2D eigenvalue weighted by Crippen LogP contribution is -2.30. The molecule has 0 aliphatic carbocycles. The fourth-order valence-electron chi connectivity index (χ4n) is 5.66. The van der Waals surface area contributed by atoms with Crippen molar-refractivity contribution in [3.8, 4) is 0 Å². The van der Waals surface area contributed by atoms with Gasteiger partial charge in [-0.25, -0.2) is 0 Å². The molecule has 0 aromatic carbocycles. The third-order valence-corrected chi connectivity index (χ3v) is 8.96. The van der Waals surface area contributed by atoms with E-state index in [0.29, 0.717) is 19.3 Å². The molecule has 0 radical (unpaired) electrons. The van der Waals surface area contributed by atoms with Gasteiger partial charge in [0.05, 0.1) is 0 Å². The van der Waals surface area contributed by atoms with Gasteiger partial charge in [0.2, 0.25) is 0 Å². The standard InChI is InChI=1S/C48H80O6/c1-4-7-10-13-16-18-20-22-23-24-26-27-29-32-35-38-41-47(50)53-44-45(43-52-46(49)40-37-34-31-15-12-9-6-3)54-48(51)42-39-36-33-30-28-25-21-19-17-14-11-8-5-2/h8,11,17-20,23-25,28,33,36,45H,4-7,9-10,12-16,21-22,26-27,29-32,34-35,37-44H2,1-3H3/b11-8-,19-17-,20-18-,24-23-,28-25-,36-33-. The van der Waals surface area contributed by atoms with E-state index in [2.05, 4.69) is 81.5 Å². The summed E-state index contributed by atoms with van der Waals surface area (Å²) in [5.41, 5.74) is 0. The number of unbranched alkanes of at least 4 members (excludes halogenated alkanes) is 15. The van der Waals surface area contributed by atoms with Crippen LogP contribution in [0.5, 0.6) is 0 Å². The first-order chi connectivity index (χ1) is 26.5. The van der Waals surface area contributed by atoms with Crippen LogP contribution in [0.1, 0.15) is 194 Å². The maximum absolute atomic E-state index is 12.6. The van der Waals surface area contributed by atoms with Crippen LogP contribution >= 0.6 is 0 Å². The molecule has 0 aliphatic heterocycles. The zero-order chi connectivity index (χ0) is 39.4. The van der Waals surface area contributed by atoms with Crippen LogP contribution in [0.2, 0.25) is 0 Å². The zero-order valence-electron chi connectivity index (χ0n) is 35.0. The van der Waals surface area contributed by atoms with Crippen molar-refractivity contribution in [2.75, 3.05) is 13.2 Å². The predicted molar refractivity (Wildman–Crippen MR) is 228 cm³/mol. The van der Waals surface area contributed by atoms with E-state index in [9.17, 15) is 14.4 Å². The van der Waals surface area contributed by atoms with Gasteiger partial charge in [0, 0.05) is 19.3 Å².